The number of hydrogen-bond acceptors (Lipinski definition) is 10. The van der Waals surface area contributed by atoms with Crippen LogP contribution in [0, 0.1) is 0 Å². The summed E-state index contributed by atoms with van der Waals surface area (Å²) < 4.78 is 11.1. The minimum Gasteiger partial charge on any atom is -0.394 e. The molecule has 71 heavy (non-hydrogen) atoms. The molecule has 0 aromatic heterocycles. The zero-order chi connectivity index (χ0) is 51.8. The SMILES string of the molecule is CCCCCCCCCCCCCC/C=C\CCCCCCCCCCCC(O)C(=O)NC(COC1OC(CO)C(O)C(O)C1O)C(O)C(O)CCC/C=C/CCCCCCCCCCCCCCCC. The number of ether oxygens (including phenoxy) is 2. The van der Waals surface area contributed by atoms with E-state index in [1.54, 1.807) is 0 Å². The predicted octanol–water partition coefficient (Wildman–Crippen LogP) is 12.9. The molecule has 0 bridgehead atoms. The number of rotatable bonds is 52. The molecule has 0 aromatic rings. The molecule has 1 saturated heterocycles. The first-order valence-electron chi connectivity index (χ1n) is 30.2. The third-order valence-electron chi connectivity index (χ3n) is 14.7. The normalized spacial score (nSPS) is 20.3. The third kappa shape index (κ3) is 37.9. The van der Waals surface area contributed by atoms with Crippen LogP contribution in [-0.4, -0.2) is 110 Å². The van der Waals surface area contributed by atoms with Gasteiger partial charge in [0, 0.05) is 0 Å². The molecule has 0 spiro atoms. The highest BCUT2D eigenvalue weighted by atomic mass is 16.7. The van der Waals surface area contributed by atoms with Crippen molar-refractivity contribution in [2.24, 2.45) is 0 Å². The number of amides is 1. The van der Waals surface area contributed by atoms with E-state index >= 15 is 0 Å². The van der Waals surface area contributed by atoms with Gasteiger partial charge < -0.3 is 50.5 Å². The number of unbranched alkanes of at least 4 members (excludes halogenated alkanes) is 36. The molecule has 0 saturated carbocycles. The van der Waals surface area contributed by atoms with Crippen molar-refractivity contribution in [1.82, 2.24) is 5.32 Å². The van der Waals surface area contributed by atoms with Crippen LogP contribution in [0.2, 0.25) is 0 Å². The Kier molecular flexibility index (Phi) is 47.1. The van der Waals surface area contributed by atoms with Gasteiger partial charge in [-0.1, -0.05) is 244 Å². The fourth-order valence-corrected chi connectivity index (χ4v) is 9.79. The van der Waals surface area contributed by atoms with E-state index in [0.717, 1.165) is 38.5 Å². The van der Waals surface area contributed by atoms with Crippen LogP contribution in [0.15, 0.2) is 24.3 Å². The third-order valence-corrected chi connectivity index (χ3v) is 14.7. The van der Waals surface area contributed by atoms with E-state index in [4.69, 9.17) is 9.47 Å². The minimum atomic E-state index is -1.67. The molecule has 0 radical (unpaired) electrons. The lowest BCUT2D eigenvalue weighted by Gasteiger charge is -2.40. The first-order chi connectivity index (χ1) is 34.7. The fourth-order valence-electron chi connectivity index (χ4n) is 9.79. The Morgan fingerprint density at radius 2 is 0.831 bits per heavy atom. The van der Waals surface area contributed by atoms with Crippen LogP contribution in [0.5, 0.6) is 0 Å². The van der Waals surface area contributed by atoms with Gasteiger partial charge in [0.15, 0.2) is 6.29 Å². The molecular weight excluding hydrogens is 895 g/mol. The lowest BCUT2D eigenvalue weighted by atomic mass is 9.98. The van der Waals surface area contributed by atoms with Crippen molar-refractivity contribution < 1.29 is 50.0 Å². The van der Waals surface area contributed by atoms with Gasteiger partial charge in [-0.2, -0.15) is 0 Å². The molecule has 0 aromatic carbocycles. The molecule has 1 heterocycles. The Morgan fingerprint density at radius 3 is 1.21 bits per heavy atom. The molecule has 1 aliphatic heterocycles. The van der Waals surface area contributed by atoms with Crippen molar-refractivity contribution in [2.75, 3.05) is 13.2 Å². The largest absolute Gasteiger partial charge is 0.394 e. The summed E-state index contributed by atoms with van der Waals surface area (Å²) >= 11 is 0. The average molecular weight is 1010 g/mol. The summed E-state index contributed by atoms with van der Waals surface area (Å²) in [7, 11) is 0. The summed E-state index contributed by atoms with van der Waals surface area (Å²) in [6.45, 7) is 3.47. The van der Waals surface area contributed by atoms with Crippen LogP contribution < -0.4 is 5.32 Å². The molecular formula is C60H115NO10. The van der Waals surface area contributed by atoms with Gasteiger partial charge in [-0.05, 0) is 64.2 Å². The van der Waals surface area contributed by atoms with Crippen molar-refractivity contribution in [2.45, 2.75) is 339 Å². The first kappa shape index (κ1) is 67.6. The van der Waals surface area contributed by atoms with E-state index in [-0.39, 0.29) is 12.8 Å². The van der Waals surface area contributed by atoms with E-state index in [1.165, 1.54) is 205 Å². The van der Waals surface area contributed by atoms with E-state index in [2.05, 4.69) is 43.5 Å². The first-order valence-corrected chi connectivity index (χ1v) is 30.2. The smallest absolute Gasteiger partial charge is 0.249 e. The highest BCUT2D eigenvalue weighted by molar-refractivity contribution is 5.80. The number of hydrogen-bond donors (Lipinski definition) is 8. The van der Waals surface area contributed by atoms with Crippen molar-refractivity contribution in [1.29, 1.82) is 0 Å². The maximum atomic E-state index is 13.2. The number of aliphatic hydroxyl groups is 7. The Balaban J connectivity index is 2.30. The predicted molar refractivity (Wildman–Crippen MR) is 293 cm³/mol. The zero-order valence-electron chi connectivity index (χ0n) is 46.0. The summed E-state index contributed by atoms with van der Waals surface area (Å²) in [5, 5.41) is 76.2. The molecule has 11 nitrogen and oxygen atoms in total. The summed E-state index contributed by atoms with van der Waals surface area (Å²) in [6, 6.07) is -1.18. The molecule has 9 atom stereocenters. The Labute approximate surface area is 435 Å². The zero-order valence-corrected chi connectivity index (χ0v) is 46.0. The van der Waals surface area contributed by atoms with Gasteiger partial charge in [-0.3, -0.25) is 4.79 Å². The van der Waals surface area contributed by atoms with Crippen molar-refractivity contribution in [3.05, 3.63) is 24.3 Å². The van der Waals surface area contributed by atoms with Crippen LogP contribution in [0.25, 0.3) is 0 Å². The van der Waals surface area contributed by atoms with Crippen molar-refractivity contribution in [3.63, 3.8) is 0 Å². The van der Waals surface area contributed by atoms with Gasteiger partial charge in [-0.15, -0.1) is 0 Å². The number of aliphatic hydroxyl groups excluding tert-OH is 7. The van der Waals surface area contributed by atoms with Crippen LogP contribution in [0.1, 0.15) is 284 Å². The molecule has 420 valence electrons. The molecule has 1 aliphatic rings. The second kappa shape index (κ2) is 49.5. The van der Waals surface area contributed by atoms with Gasteiger partial charge in [0.05, 0.1) is 25.4 Å². The highest BCUT2D eigenvalue weighted by Gasteiger charge is 2.44. The summed E-state index contributed by atoms with van der Waals surface area (Å²) in [5.41, 5.74) is 0. The maximum absolute atomic E-state index is 13.2. The number of carbonyl (C=O) groups excluding carboxylic acids is 1. The standard InChI is InChI=1S/C60H115NO10/c1-3-5-7-9-11-13-15-17-19-21-23-24-25-26-27-28-30-32-34-36-38-40-42-44-46-48-53(64)59(69)61-51(50-70-60-58(68)57(67)56(66)54(49-62)71-60)55(65)52(63)47-45-43-41-39-37-35-33-31-29-22-20-18-16-14-12-10-8-6-4-2/h26-27,39,41,51-58,60,62-68H,3-25,28-38,40,42-50H2,1-2H3,(H,61,69)/b27-26-,41-39+. The topological polar surface area (TPSA) is 189 Å². The molecule has 8 N–H and O–H groups in total. The van der Waals surface area contributed by atoms with Crippen molar-refractivity contribution >= 4 is 5.91 Å². The minimum absolute atomic E-state index is 0.253. The molecule has 1 fully saturated rings. The Morgan fingerprint density at radius 1 is 0.479 bits per heavy atom. The van der Waals surface area contributed by atoms with E-state index in [0.29, 0.717) is 12.8 Å². The summed E-state index contributed by atoms with van der Waals surface area (Å²) in [5.74, 6) is -0.704. The van der Waals surface area contributed by atoms with E-state index in [9.17, 15) is 40.5 Å². The highest BCUT2D eigenvalue weighted by Crippen LogP contribution is 2.23. The number of nitrogens with one attached hydrogen (secondary N) is 1. The fraction of sp³-hybridized carbons (Fsp3) is 0.917. The second-order valence-corrected chi connectivity index (χ2v) is 21.4. The van der Waals surface area contributed by atoms with Gasteiger partial charge in [-0.25, -0.2) is 0 Å². The molecule has 1 amide bonds. The summed E-state index contributed by atoms with van der Waals surface area (Å²) in [6.07, 6.45) is 48.1. The van der Waals surface area contributed by atoms with Crippen LogP contribution >= 0.6 is 0 Å². The lowest BCUT2D eigenvalue weighted by Crippen LogP contribution is -2.60. The molecule has 1 rings (SSSR count). The van der Waals surface area contributed by atoms with E-state index in [1.807, 2.05) is 0 Å². The second-order valence-electron chi connectivity index (χ2n) is 21.4. The average Bonchev–Trinajstić information content (AvgIpc) is 3.37. The van der Waals surface area contributed by atoms with Crippen LogP contribution in [-0.2, 0) is 14.3 Å². The summed E-state index contributed by atoms with van der Waals surface area (Å²) in [4.78, 5) is 13.2. The van der Waals surface area contributed by atoms with Crippen LogP contribution in [0.3, 0.4) is 0 Å². The van der Waals surface area contributed by atoms with Gasteiger partial charge >= 0.3 is 0 Å². The number of carbonyl (C=O) groups is 1. The molecule has 9 unspecified atom stereocenters. The van der Waals surface area contributed by atoms with Crippen LogP contribution in [0.4, 0.5) is 0 Å². The number of allylic oxidation sites excluding steroid dienone is 4. The molecule has 0 aliphatic carbocycles. The van der Waals surface area contributed by atoms with Gasteiger partial charge in [0.1, 0.15) is 36.6 Å². The quantitative estimate of drug-likeness (QED) is 0.0215. The molecule has 11 heteroatoms. The Bertz CT molecular complexity index is 1200. The van der Waals surface area contributed by atoms with E-state index < -0.39 is 74.2 Å². The maximum Gasteiger partial charge on any atom is 0.249 e. The lowest BCUT2D eigenvalue weighted by molar-refractivity contribution is -0.303. The van der Waals surface area contributed by atoms with Gasteiger partial charge in [0.25, 0.3) is 0 Å². The van der Waals surface area contributed by atoms with Crippen molar-refractivity contribution in [3.8, 4) is 0 Å². The van der Waals surface area contributed by atoms with Gasteiger partial charge in [0.2, 0.25) is 5.91 Å². The Hall–Kier alpha value is -1.41. The monoisotopic (exact) mass is 1010 g/mol.